The molecule has 3 aromatic carbocycles. The molecule has 2 atom stereocenters. The van der Waals surface area contributed by atoms with Crippen molar-refractivity contribution in [1.29, 1.82) is 0 Å². The van der Waals surface area contributed by atoms with E-state index in [-0.39, 0.29) is 58.8 Å². The fraction of sp³-hybridized carbons (Fsp3) is 0.452. The minimum absolute atomic E-state index is 0.0247. The molecule has 0 heterocycles. The number of hydrogen-bond donors (Lipinski definition) is 5. The molecule has 310 valence electrons. The Morgan fingerprint density at radius 1 is 0.596 bits per heavy atom. The Morgan fingerprint density at radius 2 is 1.04 bits per heavy atom. The monoisotopic (exact) mass is 791 g/mol. The van der Waals surface area contributed by atoms with Crippen molar-refractivity contribution in [2.45, 2.75) is 90.4 Å². The lowest BCUT2D eigenvalue weighted by Crippen LogP contribution is -2.51. The summed E-state index contributed by atoms with van der Waals surface area (Å²) in [6, 6.07) is 26.5. The predicted octanol–water partition coefficient (Wildman–Crippen LogP) is 6.36. The maximum atomic E-state index is 13.1. The quantitative estimate of drug-likeness (QED) is 0.0530. The highest BCUT2D eigenvalue weighted by Crippen LogP contribution is 2.11. The van der Waals surface area contributed by atoms with E-state index in [0.29, 0.717) is 25.8 Å². The first-order valence-corrected chi connectivity index (χ1v) is 19.1. The Kier molecular flexibility index (Phi) is 20.3. The van der Waals surface area contributed by atoms with Gasteiger partial charge in [0.05, 0.1) is 0 Å². The van der Waals surface area contributed by atoms with Gasteiger partial charge in [-0.05, 0) is 63.1 Å². The minimum Gasteiger partial charge on any atom is -0.481 e. The van der Waals surface area contributed by atoms with Crippen LogP contribution in [0.4, 0.5) is 19.2 Å². The smallest absolute Gasteiger partial charge is 0.407 e. The van der Waals surface area contributed by atoms with Gasteiger partial charge in [0.25, 0.3) is 0 Å². The summed E-state index contributed by atoms with van der Waals surface area (Å²) in [7, 11) is 0. The molecule has 0 bridgehead atoms. The number of carboxylic acid groups (broad SMARTS) is 1. The van der Waals surface area contributed by atoms with E-state index < -0.39 is 48.0 Å². The van der Waals surface area contributed by atoms with Gasteiger partial charge in [0.2, 0.25) is 0 Å². The number of carboxylic acids is 1. The van der Waals surface area contributed by atoms with E-state index >= 15 is 0 Å². The van der Waals surface area contributed by atoms with Crippen molar-refractivity contribution < 1.29 is 48.0 Å². The maximum Gasteiger partial charge on any atom is 0.407 e. The molecule has 15 heteroatoms. The fourth-order valence-electron chi connectivity index (χ4n) is 5.57. The number of benzene rings is 3. The Morgan fingerprint density at radius 3 is 1.49 bits per heavy atom. The molecule has 0 unspecified atom stereocenters. The summed E-state index contributed by atoms with van der Waals surface area (Å²) in [6.07, 6.45) is -0.967. The average molecular weight is 792 g/mol. The summed E-state index contributed by atoms with van der Waals surface area (Å²) < 4.78 is 21.7. The highest BCUT2D eigenvalue weighted by molar-refractivity contribution is 5.69. The molecule has 0 saturated heterocycles. The number of aliphatic carboxylic acids is 1. The van der Waals surface area contributed by atoms with Crippen LogP contribution >= 0.6 is 0 Å². The normalized spacial score (nSPS) is 12.1. The van der Waals surface area contributed by atoms with Crippen molar-refractivity contribution in [3.63, 3.8) is 0 Å². The van der Waals surface area contributed by atoms with Crippen LogP contribution in [0.25, 0.3) is 0 Å². The summed E-state index contributed by atoms with van der Waals surface area (Å²) >= 11 is 0. The lowest BCUT2D eigenvalue weighted by Gasteiger charge is -2.31. The van der Waals surface area contributed by atoms with Gasteiger partial charge in [-0.15, -0.1) is 0 Å². The number of nitrogens with one attached hydrogen (secondary N) is 4. The molecule has 3 aromatic rings. The Bertz CT molecular complexity index is 1640. The van der Waals surface area contributed by atoms with Gasteiger partial charge in [-0.2, -0.15) is 0 Å². The van der Waals surface area contributed by atoms with Gasteiger partial charge in [0.1, 0.15) is 25.4 Å². The van der Waals surface area contributed by atoms with Crippen molar-refractivity contribution in [1.82, 2.24) is 26.2 Å². The summed E-state index contributed by atoms with van der Waals surface area (Å²) in [5.41, 5.74) is 1.80. The summed E-state index contributed by atoms with van der Waals surface area (Å²) in [5, 5.41) is 20.8. The molecule has 0 aliphatic rings. The van der Waals surface area contributed by atoms with Crippen LogP contribution in [0.2, 0.25) is 0 Å². The molecule has 0 aliphatic heterocycles. The lowest BCUT2D eigenvalue weighted by molar-refractivity contribution is -0.137. The highest BCUT2D eigenvalue weighted by atomic mass is 16.6. The number of amides is 4. The number of rotatable bonds is 23. The summed E-state index contributed by atoms with van der Waals surface area (Å²) in [5.74, 6) is -1.03. The van der Waals surface area contributed by atoms with E-state index in [1.54, 1.807) is 20.8 Å². The third kappa shape index (κ3) is 21.7. The maximum absolute atomic E-state index is 13.1. The zero-order valence-corrected chi connectivity index (χ0v) is 33.1. The van der Waals surface area contributed by atoms with E-state index in [1.165, 1.54) is 0 Å². The van der Waals surface area contributed by atoms with Gasteiger partial charge in [-0.1, -0.05) is 91.0 Å². The number of hydrogen-bond acceptors (Lipinski definition) is 10. The van der Waals surface area contributed by atoms with Crippen LogP contribution in [0.5, 0.6) is 0 Å². The lowest BCUT2D eigenvalue weighted by atomic mass is 10.1. The van der Waals surface area contributed by atoms with E-state index in [1.807, 2.05) is 95.9 Å². The molecule has 0 fully saturated rings. The minimum atomic E-state index is -1.03. The van der Waals surface area contributed by atoms with Gasteiger partial charge in [-0.25, -0.2) is 19.2 Å². The number of carbonyl (C=O) groups is 5. The molecular formula is C42H57N5O10. The average Bonchev–Trinajstić information content (AvgIpc) is 3.17. The van der Waals surface area contributed by atoms with E-state index in [2.05, 4.69) is 21.3 Å². The van der Waals surface area contributed by atoms with Crippen LogP contribution < -0.4 is 21.3 Å². The van der Waals surface area contributed by atoms with Gasteiger partial charge < -0.3 is 45.3 Å². The van der Waals surface area contributed by atoms with Crippen LogP contribution in [-0.2, 0) is 43.6 Å². The second-order valence-electron chi connectivity index (χ2n) is 14.4. The first kappa shape index (κ1) is 45.6. The van der Waals surface area contributed by atoms with Crippen molar-refractivity contribution in [3.8, 4) is 0 Å². The molecular weight excluding hydrogens is 734 g/mol. The van der Waals surface area contributed by atoms with Crippen LogP contribution in [-0.4, -0.2) is 90.8 Å². The van der Waals surface area contributed by atoms with E-state index in [4.69, 9.17) is 18.9 Å². The number of nitrogens with zero attached hydrogens (tertiary/aromatic N) is 1. The van der Waals surface area contributed by atoms with Crippen molar-refractivity contribution in [3.05, 3.63) is 108 Å². The molecule has 57 heavy (non-hydrogen) atoms. The highest BCUT2D eigenvalue weighted by Gasteiger charge is 2.23. The topological polar surface area (TPSA) is 194 Å². The Labute approximate surface area is 334 Å². The van der Waals surface area contributed by atoms with Crippen molar-refractivity contribution >= 4 is 30.3 Å². The molecule has 0 spiro atoms. The predicted molar refractivity (Wildman–Crippen MR) is 213 cm³/mol. The first-order chi connectivity index (χ1) is 27.3. The first-order valence-electron chi connectivity index (χ1n) is 19.1. The zero-order chi connectivity index (χ0) is 41.3. The van der Waals surface area contributed by atoms with Crippen LogP contribution in [0.15, 0.2) is 91.0 Å². The standard InChI is InChI=1S/C42H57N5O10/c1-42(2,3)57-39(51)43-24-14-13-21-35(45-40(52)55-30-33-17-9-5-10-18-33)27-47(26-25-44-38(50)54-29-32-15-7-4-8-16-32)28-36(22-23-37(48)49)46-41(53)56-31-34-19-11-6-12-20-34/h4-12,15-20,35-36H,13-14,21-31H2,1-3H3,(H,43,51)(H,44,50)(H,45,52)(H,46,53)(H,48,49)/t35-,36-/m0/s1. The number of alkyl carbamates (subject to hydrolysis) is 4. The molecule has 0 aromatic heterocycles. The molecule has 0 aliphatic carbocycles. The molecule has 4 amide bonds. The summed E-state index contributed by atoms with van der Waals surface area (Å²) in [4.78, 5) is 64.4. The van der Waals surface area contributed by atoms with Crippen LogP contribution in [0.3, 0.4) is 0 Å². The van der Waals surface area contributed by atoms with Gasteiger partial charge in [0, 0.05) is 51.2 Å². The number of unbranched alkanes of at least 4 members (excludes halogenated alkanes) is 1. The third-order valence-electron chi connectivity index (χ3n) is 8.29. The van der Waals surface area contributed by atoms with Gasteiger partial charge >= 0.3 is 30.3 Å². The van der Waals surface area contributed by atoms with Crippen LogP contribution in [0.1, 0.15) is 69.6 Å². The Balaban J connectivity index is 1.72. The Hall–Kier alpha value is -5.83. The number of carbonyl (C=O) groups excluding carboxylic acids is 4. The molecule has 0 radical (unpaired) electrons. The van der Waals surface area contributed by atoms with E-state index in [0.717, 1.165) is 16.7 Å². The van der Waals surface area contributed by atoms with Gasteiger partial charge in [-0.3, -0.25) is 9.69 Å². The van der Waals surface area contributed by atoms with Crippen molar-refractivity contribution in [2.24, 2.45) is 0 Å². The third-order valence-corrected chi connectivity index (χ3v) is 8.29. The second kappa shape index (κ2) is 25.4. The second-order valence-corrected chi connectivity index (χ2v) is 14.4. The SMILES string of the molecule is CC(C)(C)OC(=O)NCCCC[C@@H](CN(CCNC(=O)OCc1ccccc1)C[C@H](CCC(=O)O)NC(=O)OCc1ccccc1)NC(=O)OCc1ccccc1. The summed E-state index contributed by atoms with van der Waals surface area (Å²) in [6.45, 7) is 6.66. The number of ether oxygens (including phenoxy) is 4. The largest absolute Gasteiger partial charge is 0.481 e. The zero-order valence-electron chi connectivity index (χ0n) is 33.1. The molecule has 0 saturated carbocycles. The molecule has 5 N–H and O–H groups in total. The van der Waals surface area contributed by atoms with Crippen molar-refractivity contribution in [2.75, 3.05) is 32.7 Å². The van der Waals surface area contributed by atoms with Crippen LogP contribution in [0, 0.1) is 0 Å². The van der Waals surface area contributed by atoms with Gasteiger partial charge in [0.15, 0.2) is 0 Å². The van der Waals surface area contributed by atoms with E-state index in [9.17, 15) is 29.1 Å². The molecule has 15 nitrogen and oxygen atoms in total. The molecule has 3 rings (SSSR count). The fourth-order valence-corrected chi connectivity index (χ4v) is 5.57.